The van der Waals surface area contributed by atoms with Crippen molar-refractivity contribution in [2.75, 3.05) is 0 Å². The van der Waals surface area contributed by atoms with Gasteiger partial charge in [-0.15, -0.1) is 0 Å². The average Bonchev–Trinajstić information content (AvgIpc) is 2.74. The summed E-state index contributed by atoms with van der Waals surface area (Å²) in [5, 5.41) is 3.68. The van der Waals surface area contributed by atoms with Crippen LogP contribution in [0.1, 0.15) is 5.56 Å². The highest BCUT2D eigenvalue weighted by molar-refractivity contribution is 7.43. The maximum absolute atomic E-state index is 2.31. The van der Waals surface area contributed by atoms with Gasteiger partial charge in [0.1, 0.15) is 5.38 Å². The summed E-state index contributed by atoms with van der Waals surface area (Å²) in [6.45, 7) is 2.13. The van der Waals surface area contributed by atoms with E-state index in [-0.39, 0.29) is 10.5 Å². The van der Waals surface area contributed by atoms with Gasteiger partial charge in [0.15, 0.2) is 9.60 Å². The molecule has 3 aromatic rings. The van der Waals surface area contributed by atoms with Gasteiger partial charge in [-0.25, -0.2) is 0 Å². The van der Waals surface area contributed by atoms with Crippen LogP contribution in [0.2, 0.25) is 0 Å². The molecular formula is C15H13S+. The van der Waals surface area contributed by atoms with Gasteiger partial charge >= 0.3 is 0 Å². The average molecular weight is 225 g/mol. The lowest BCUT2D eigenvalue weighted by Crippen LogP contribution is -1.71. The molecule has 0 fully saturated rings. The number of rotatable bonds is 1. The molecule has 78 valence electrons. The Hall–Kier alpha value is -1.60. The van der Waals surface area contributed by atoms with Crippen LogP contribution in [-0.4, -0.2) is 0 Å². The lowest BCUT2D eigenvalue weighted by Gasteiger charge is -1.92. The van der Waals surface area contributed by atoms with Crippen molar-refractivity contribution in [3.05, 3.63) is 65.5 Å². The van der Waals surface area contributed by atoms with Gasteiger partial charge in [-0.1, -0.05) is 29.8 Å². The molecule has 0 aliphatic rings. The smallest absolute Gasteiger partial charge is 0.0613 e. The summed E-state index contributed by atoms with van der Waals surface area (Å²) >= 11 is 0. The van der Waals surface area contributed by atoms with Gasteiger partial charge in [0.25, 0.3) is 0 Å². The Morgan fingerprint density at radius 2 is 1.56 bits per heavy atom. The van der Waals surface area contributed by atoms with Crippen LogP contribution in [0.5, 0.6) is 0 Å². The second-order valence-electron chi connectivity index (χ2n) is 3.99. The SMILES string of the molecule is Cc1ccc(-[s+]2ccc3ccccc32)cc1. The third-order valence-electron chi connectivity index (χ3n) is 2.81. The Kier molecular flexibility index (Phi) is 2.26. The lowest BCUT2D eigenvalue weighted by molar-refractivity contribution is 1.49. The summed E-state index contributed by atoms with van der Waals surface area (Å²) in [4.78, 5) is 1.41. The van der Waals surface area contributed by atoms with Gasteiger partial charge in [0.05, 0.1) is 0 Å². The normalized spacial score (nSPS) is 11.9. The Bertz CT molecular complexity index is 617. The first-order chi connectivity index (χ1) is 7.84. The minimum Gasteiger partial charge on any atom is -0.0613 e. The fourth-order valence-electron chi connectivity index (χ4n) is 1.92. The number of benzene rings is 2. The van der Waals surface area contributed by atoms with Crippen LogP contribution < -0.4 is 0 Å². The van der Waals surface area contributed by atoms with Gasteiger partial charge in [0, 0.05) is 21.9 Å². The summed E-state index contributed by atoms with van der Waals surface area (Å²) in [5.74, 6) is 0. The molecule has 1 unspecified atom stereocenters. The van der Waals surface area contributed by atoms with Crippen molar-refractivity contribution in [3.8, 4) is 4.90 Å². The molecule has 16 heavy (non-hydrogen) atoms. The van der Waals surface area contributed by atoms with Crippen LogP contribution >= 0.6 is 10.5 Å². The highest BCUT2D eigenvalue weighted by atomic mass is 32.2. The quantitative estimate of drug-likeness (QED) is 0.517. The molecule has 0 N–H and O–H groups in total. The maximum atomic E-state index is 2.31. The first kappa shape index (κ1) is 9.61. The summed E-state index contributed by atoms with van der Waals surface area (Å²) in [5.41, 5.74) is 1.32. The van der Waals surface area contributed by atoms with Crippen molar-refractivity contribution in [1.82, 2.24) is 0 Å². The number of fused-ring (bicyclic) bond motifs is 1. The molecule has 0 amide bonds. The van der Waals surface area contributed by atoms with E-state index in [0.717, 1.165) is 0 Å². The monoisotopic (exact) mass is 225 g/mol. The summed E-state index contributed by atoms with van der Waals surface area (Å²) < 4.78 is 1.45. The molecule has 0 saturated heterocycles. The second kappa shape index (κ2) is 3.76. The van der Waals surface area contributed by atoms with Crippen LogP contribution in [0.25, 0.3) is 15.0 Å². The fourth-order valence-corrected chi connectivity index (χ4v) is 3.81. The Labute approximate surface area is 98.1 Å². The largest absolute Gasteiger partial charge is 0.186 e. The van der Waals surface area contributed by atoms with E-state index in [2.05, 4.69) is 66.9 Å². The van der Waals surface area contributed by atoms with Crippen LogP contribution in [0.4, 0.5) is 0 Å². The zero-order valence-electron chi connectivity index (χ0n) is 9.18. The predicted molar refractivity (Wildman–Crippen MR) is 72.5 cm³/mol. The third kappa shape index (κ3) is 1.54. The van der Waals surface area contributed by atoms with Crippen LogP contribution in [0.15, 0.2) is 60.0 Å². The van der Waals surface area contributed by atoms with Gasteiger partial charge in [0.2, 0.25) is 0 Å². The molecule has 0 spiro atoms. The molecule has 1 heteroatoms. The number of aryl methyl sites for hydroxylation is 1. The summed E-state index contributed by atoms with van der Waals surface area (Å²) in [7, 11) is 0.146. The molecule has 0 radical (unpaired) electrons. The highest BCUT2D eigenvalue weighted by Crippen LogP contribution is 2.39. The van der Waals surface area contributed by atoms with Crippen molar-refractivity contribution in [2.45, 2.75) is 6.92 Å². The van der Waals surface area contributed by atoms with E-state index in [9.17, 15) is 0 Å². The van der Waals surface area contributed by atoms with E-state index < -0.39 is 0 Å². The second-order valence-corrected chi connectivity index (χ2v) is 5.85. The van der Waals surface area contributed by atoms with Crippen molar-refractivity contribution in [2.24, 2.45) is 0 Å². The van der Waals surface area contributed by atoms with Gasteiger partial charge in [-0.05, 0) is 31.2 Å². The van der Waals surface area contributed by atoms with E-state index in [1.165, 1.54) is 20.5 Å². The molecule has 0 nitrogen and oxygen atoms in total. The van der Waals surface area contributed by atoms with E-state index >= 15 is 0 Å². The van der Waals surface area contributed by atoms with Crippen molar-refractivity contribution >= 4 is 20.6 Å². The molecular weight excluding hydrogens is 212 g/mol. The standard InChI is InChI=1S/C15H13S/c1-12-6-8-14(9-7-12)16-11-10-13-4-2-3-5-15(13)16/h2-11H,1H3/q+1. The summed E-state index contributed by atoms with van der Waals surface area (Å²) in [6.07, 6.45) is 0. The molecule has 0 aliphatic heterocycles. The Morgan fingerprint density at radius 1 is 0.812 bits per heavy atom. The van der Waals surface area contributed by atoms with E-state index in [0.29, 0.717) is 0 Å². The highest BCUT2D eigenvalue weighted by Gasteiger charge is 2.13. The maximum Gasteiger partial charge on any atom is 0.186 e. The first-order valence-electron chi connectivity index (χ1n) is 5.41. The molecule has 1 atom stereocenters. The number of hydrogen-bond donors (Lipinski definition) is 0. The molecule has 0 bridgehead atoms. The molecule has 0 aliphatic carbocycles. The molecule has 0 saturated carbocycles. The number of thiophene rings is 1. The van der Waals surface area contributed by atoms with Gasteiger partial charge < -0.3 is 0 Å². The molecule has 3 rings (SSSR count). The van der Waals surface area contributed by atoms with Crippen molar-refractivity contribution < 1.29 is 0 Å². The van der Waals surface area contributed by atoms with Crippen molar-refractivity contribution in [1.29, 1.82) is 0 Å². The Morgan fingerprint density at radius 3 is 2.38 bits per heavy atom. The van der Waals surface area contributed by atoms with Crippen LogP contribution in [0, 0.1) is 6.92 Å². The van der Waals surface area contributed by atoms with E-state index in [4.69, 9.17) is 0 Å². The van der Waals surface area contributed by atoms with Crippen LogP contribution in [-0.2, 0) is 0 Å². The Balaban J connectivity index is 2.22. The summed E-state index contributed by atoms with van der Waals surface area (Å²) in [6, 6.07) is 19.7. The predicted octanol–water partition coefficient (Wildman–Crippen LogP) is 4.89. The fraction of sp³-hybridized carbons (Fsp3) is 0.0667. The third-order valence-corrected chi connectivity index (χ3v) is 4.85. The van der Waals surface area contributed by atoms with E-state index in [1.54, 1.807) is 0 Å². The molecule has 1 aromatic heterocycles. The first-order valence-corrected chi connectivity index (χ1v) is 6.70. The minimum absolute atomic E-state index is 0.146. The zero-order chi connectivity index (χ0) is 11.0. The van der Waals surface area contributed by atoms with E-state index in [1.807, 2.05) is 0 Å². The zero-order valence-corrected chi connectivity index (χ0v) is 10.00. The van der Waals surface area contributed by atoms with Crippen molar-refractivity contribution in [3.63, 3.8) is 0 Å². The molecule has 1 heterocycles. The van der Waals surface area contributed by atoms with Gasteiger partial charge in [-0.3, -0.25) is 0 Å². The minimum atomic E-state index is 0.146. The lowest BCUT2D eigenvalue weighted by atomic mass is 10.2. The van der Waals surface area contributed by atoms with Crippen LogP contribution in [0.3, 0.4) is 0 Å². The van der Waals surface area contributed by atoms with Gasteiger partial charge in [-0.2, -0.15) is 0 Å². The molecule has 2 aromatic carbocycles. The number of hydrogen-bond acceptors (Lipinski definition) is 0. The topological polar surface area (TPSA) is 0 Å².